The van der Waals surface area contributed by atoms with Crippen molar-refractivity contribution in [1.82, 2.24) is 0 Å². The summed E-state index contributed by atoms with van der Waals surface area (Å²) in [7, 11) is 0. The molecule has 0 aromatic rings. The van der Waals surface area contributed by atoms with Gasteiger partial charge >= 0.3 is 5.97 Å². The second-order valence-corrected chi connectivity index (χ2v) is 15.8. The number of aliphatic hydroxyl groups excluding tert-OH is 1. The fourth-order valence-electron chi connectivity index (χ4n) is 10.6. The summed E-state index contributed by atoms with van der Waals surface area (Å²) in [6.07, 6.45) is 12.5. The van der Waals surface area contributed by atoms with Crippen molar-refractivity contribution in [3.05, 3.63) is 22.1 Å². The highest BCUT2D eigenvalue weighted by atomic mass is 16.7. The molecule has 43 heavy (non-hydrogen) atoms. The van der Waals surface area contributed by atoms with Crippen LogP contribution >= 0.6 is 0 Å². The molecular formula is C35H57N3O5. The van der Waals surface area contributed by atoms with Crippen LogP contribution in [0.5, 0.6) is 0 Å². The Morgan fingerprint density at radius 1 is 1.16 bits per heavy atom. The SMILES string of the molecule is CC(=O)O[C@H]1[C@H](N=[N+]=[N-])[C@H](O)[C@H](O[C@H]2CC[C@@]3(C)C(=CC[C@H]4[C@@H]5CC[C@H]([C@H](C)CCCC(C)C)[C@@]5(C)CC[C@@H]43)C2)O[C@@H]1C. The first kappa shape index (κ1) is 32.8. The minimum Gasteiger partial charge on any atom is -0.459 e. The largest absolute Gasteiger partial charge is 0.459 e. The first-order valence-corrected chi connectivity index (χ1v) is 17.3. The zero-order chi connectivity index (χ0) is 31.1. The Hall–Kier alpha value is -1.60. The first-order chi connectivity index (χ1) is 20.4. The summed E-state index contributed by atoms with van der Waals surface area (Å²) < 4.78 is 17.8. The van der Waals surface area contributed by atoms with Crippen molar-refractivity contribution < 1.29 is 24.1 Å². The number of nitrogens with zero attached hydrogens (tertiary/aromatic N) is 3. The lowest BCUT2D eigenvalue weighted by atomic mass is 9.47. The number of carbonyl (C=O) groups is 1. The topological polar surface area (TPSA) is 114 Å². The third-order valence-corrected chi connectivity index (χ3v) is 12.9. The molecule has 5 rings (SSSR count). The Labute approximate surface area is 259 Å². The van der Waals surface area contributed by atoms with Gasteiger partial charge in [-0.3, -0.25) is 4.79 Å². The lowest BCUT2D eigenvalue weighted by Crippen LogP contribution is -2.58. The molecule has 1 heterocycles. The van der Waals surface area contributed by atoms with Gasteiger partial charge in [-0.2, -0.15) is 0 Å². The molecule has 4 aliphatic carbocycles. The van der Waals surface area contributed by atoms with Crippen LogP contribution in [-0.4, -0.2) is 47.8 Å². The molecule has 1 saturated heterocycles. The fourth-order valence-corrected chi connectivity index (χ4v) is 10.6. The predicted molar refractivity (Wildman–Crippen MR) is 167 cm³/mol. The van der Waals surface area contributed by atoms with Gasteiger partial charge in [0.25, 0.3) is 0 Å². The quantitative estimate of drug-likeness (QED) is 0.0945. The van der Waals surface area contributed by atoms with Gasteiger partial charge in [-0.1, -0.05) is 70.6 Å². The van der Waals surface area contributed by atoms with Crippen molar-refractivity contribution in [1.29, 1.82) is 0 Å². The smallest absolute Gasteiger partial charge is 0.303 e. The average molecular weight is 600 g/mol. The van der Waals surface area contributed by atoms with E-state index < -0.39 is 36.6 Å². The average Bonchev–Trinajstić information content (AvgIpc) is 3.30. The molecule has 3 saturated carbocycles. The van der Waals surface area contributed by atoms with Gasteiger partial charge in [-0.25, -0.2) is 0 Å². The summed E-state index contributed by atoms with van der Waals surface area (Å²) >= 11 is 0. The van der Waals surface area contributed by atoms with E-state index in [2.05, 4.69) is 50.7 Å². The van der Waals surface area contributed by atoms with E-state index in [1.807, 2.05) is 0 Å². The van der Waals surface area contributed by atoms with Crippen LogP contribution in [0.3, 0.4) is 0 Å². The van der Waals surface area contributed by atoms with Gasteiger partial charge in [0.2, 0.25) is 0 Å². The van der Waals surface area contributed by atoms with Crippen LogP contribution in [-0.2, 0) is 19.0 Å². The van der Waals surface area contributed by atoms with Crippen LogP contribution in [0.2, 0.25) is 0 Å². The van der Waals surface area contributed by atoms with Crippen LogP contribution in [0.4, 0.5) is 0 Å². The molecule has 8 heteroatoms. The van der Waals surface area contributed by atoms with Crippen molar-refractivity contribution >= 4 is 5.97 Å². The van der Waals surface area contributed by atoms with Crippen LogP contribution < -0.4 is 0 Å². The maximum Gasteiger partial charge on any atom is 0.303 e. The number of allylic oxidation sites excluding steroid dienone is 1. The second-order valence-electron chi connectivity index (χ2n) is 15.8. The maximum absolute atomic E-state index is 11.6. The molecule has 0 amide bonds. The van der Waals surface area contributed by atoms with Gasteiger partial charge in [0, 0.05) is 11.8 Å². The maximum atomic E-state index is 11.6. The summed E-state index contributed by atoms with van der Waals surface area (Å²) in [4.78, 5) is 14.5. The number of hydrogen-bond donors (Lipinski definition) is 1. The van der Waals surface area contributed by atoms with Crippen LogP contribution in [0, 0.1) is 46.3 Å². The van der Waals surface area contributed by atoms with E-state index in [4.69, 9.17) is 19.7 Å². The number of esters is 1. The Kier molecular flexibility index (Phi) is 9.93. The van der Waals surface area contributed by atoms with E-state index in [0.29, 0.717) is 5.41 Å². The number of ether oxygens (including phenoxy) is 3. The number of azide groups is 1. The van der Waals surface area contributed by atoms with E-state index in [-0.39, 0.29) is 11.5 Å². The van der Waals surface area contributed by atoms with Crippen molar-refractivity contribution in [2.45, 2.75) is 156 Å². The standard InChI is InChI=1S/C35H57N3O5/c1-20(2)9-8-10-21(3)27-13-14-28-26-12-11-24-19-25(15-17-34(24,6)29(26)16-18-35(27,28)7)43-33-31(40)30(37-38-36)32(22(4)41-33)42-23(5)39/h11,20-22,25-33,40H,8-10,12-19H2,1-7H3/t21-,22-,25+,26+,27-,28+,29+,30-,31+,32-,33+,34+,35-/m1/s1. The van der Waals surface area contributed by atoms with Gasteiger partial charge in [0.15, 0.2) is 6.29 Å². The highest BCUT2D eigenvalue weighted by molar-refractivity contribution is 5.66. The Morgan fingerprint density at radius 2 is 1.93 bits per heavy atom. The monoisotopic (exact) mass is 599 g/mol. The van der Waals surface area contributed by atoms with Crippen LogP contribution in [0.25, 0.3) is 10.4 Å². The molecule has 0 aromatic heterocycles. The molecule has 0 aromatic carbocycles. The van der Waals surface area contributed by atoms with E-state index in [1.54, 1.807) is 6.92 Å². The number of fused-ring (bicyclic) bond motifs is 5. The molecule has 0 spiro atoms. The molecule has 8 nitrogen and oxygen atoms in total. The van der Waals surface area contributed by atoms with Crippen LogP contribution in [0.15, 0.2) is 16.8 Å². The third kappa shape index (κ3) is 6.28. The van der Waals surface area contributed by atoms with E-state index in [9.17, 15) is 9.90 Å². The Bertz CT molecular complexity index is 1090. The van der Waals surface area contributed by atoms with E-state index in [1.165, 1.54) is 63.9 Å². The fraction of sp³-hybridized carbons (Fsp3) is 0.914. The first-order valence-electron chi connectivity index (χ1n) is 17.3. The van der Waals surface area contributed by atoms with Crippen LogP contribution in [0.1, 0.15) is 119 Å². The normalized spacial score (nSPS) is 44.8. The Morgan fingerprint density at radius 3 is 2.63 bits per heavy atom. The van der Waals surface area contributed by atoms with Crippen molar-refractivity contribution in [3.63, 3.8) is 0 Å². The molecular weight excluding hydrogens is 542 g/mol. The zero-order valence-electron chi connectivity index (χ0n) is 27.7. The molecule has 1 N–H and O–H groups in total. The van der Waals surface area contributed by atoms with Gasteiger partial charge in [0.05, 0.1) is 12.2 Å². The van der Waals surface area contributed by atoms with Gasteiger partial charge in [-0.05, 0) is 110 Å². The molecule has 242 valence electrons. The van der Waals surface area contributed by atoms with E-state index in [0.717, 1.165) is 54.8 Å². The highest BCUT2D eigenvalue weighted by Crippen LogP contribution is 2.67. The van der Waals surface area contributed by atoms with Gasteiger partial charge in [0.1, 0.15) is 18.2 Å². The van der Waals surface area contributed by atoms with Crippen molar-refractivity contribution in [2.75, 3.05) is 0 Å². The summed E-state index contributed by atoms with van der Waals surface area (Å²) in [5.74, 6) is 4.34. The molecule has 4 fully saturated rings. The molecule has 1 aliphatic heterocycles. The number of rotatable bonds is 9. The minimum absolute atomic E-state index is 0.0730. The lowest BCUT2D eigenvalue weighted by Gasteiger charge is -2.58. The minimum atomic E-state index is -1.21. The van der Waals surface area contributed by atoms with Crippen molar-refractivity contribution in [3.8, 4) is 0 Å². The Balaban J connectivity index is 1.24. The second kappa shape index (κ2) is 13.0. The van der Waals surface area contributed by atoms with E-state index >= 15 is 0 Å². The summed E-state index contributed by atoms with van der Waals surface area (Å²) in [6.45, 7) is 15.5. The third-order valence-electron chi connectivity index (χ3n) is 12.9. The highest BCUT2D eigenvalue weighted by Gasteiger charge is 2.59. The van der Waals surface area contributed by atoms with Gasteiger partial charge in [-0.15, -0.1) is 0 Å². The predicted octanol–water partition coefficient (Wildman–Crippen LogP) is 8.13. The van der Waals surface area contributed by atoms with Crippen molar-refractivity contribution in [2.24, 2.45) is 51.5 Å². The zero-order valence-corrected chi connectivity index (χ0v) is 27.7. The summed E-state index contributed by atoms with van der Waals surface area (Å²) in [6, 6.07) is -0.962. The molecule has 5 aliphatic rings. The number of aliphatic hydroxyl groups is 1. The molecule has 13 atom stereocenters. The molecule has 0 unspecified atom stereocenters. The van der Waals surface area contributed by atoms with Gasteiger partial charge < -0.3 is 19.3 Å². The number of hydrogen-bond acceptors (Lipinski definition) is 6. The summed E-state index contributed by atoms with van der Waals surface area (Å²) in [5.41, 5.74) is 11.3. The lowest BCUT2D eigenvalue weighted by molar-refractivity contribution is -0.285. The number of carbonyl (C=O) groups excluding carboxylic acids is 1. The summed E-state index contributed by atoms with van der Waals surface area (Å²) in [5, 5.41) is 14.8. The molecule has 0 radical (unpaired) electrons. The molecule has 0 bridgehead atoms.